The molecule has 1 aromatic heterocycles. The van der Waals surface area contributed by atoms with Crippen LogP contribution in [0.4, 0.5) is 4.79 Å². The van der Waals surface area contributed by atoms with Crippen LogP contribution in [-0.4, -0.2) is 34.5 Å². The first-order chi connectivity index (χ1) is 10.7. The van der Waals surface area contributed by atoms with Gasteiger partial charge in [-0.05, 0) is 24.6 Å². The fourth-order valence-electron chi connectivity index (χ4n) is 2.96. The quantitative estimate of drug-likeness (QED) is 0.868. The largest absolute Gasteiger partial charge is 0.348 e. The molecule has 3 rings (SSSR count). The molecule has 0 saturated heterocycles. The number of benzene rings is 1. The maximum Gasteiger partial charge on any atom is 0.318 e. The van der Waals surface area contributed by atoms with Crippen LogP contribution < -0.4 is 5.32 Å². The summed E-state index contributed by atoms with van der Waals surface area (Å²) in [7, 11) is 0. The van der Waals surface area contributed by atoms with Crippen molar-refractivity contribution in [1.82, 2.24) is 14.8 Å². The standard InChI is InChI=1S/C17H20ClN3O/c1-13-4-6-14(7-5-13)16-15-3-2-10-20(15)11-12-21(16)17(22)19-9-8-18/h2-7,10,16H,8-9,11-12H2,1H3,(H,19,22)/t16-/m1/s1. The maximum absolute atomic E-state index is 12.5. The molecule has 0 aliphatic carbocycles. The van der Waals surface area contributed by atoms with Gasteiger partial charge in [0.05, 0.1) is 6.04 Å². The molecule has 4 nitrogen and oxygen atoms in total. The number of amides is 2. The molecule has 22 heavy (non-hydrogen) atoms. The number of nitrogens with one attached hydrogen (secondary N) is 1. The summed E-state index contributed by atoms with van der Waals surface area (Å²) in [6.07, 6.45) is 2.07. The number of urea groups is 1. The van der Waals surface area contributed by atoms with Gasteiger partial charge in [-0.15, -0.1) is 11.6 Å². The molecule has 0 spiro atoms. The fourth-order valence-corrected chi connectivity index (χ4v) is 3.05. The molecule has 0 saturated carbocycles. The first-order valence-electron chi connectivity index (χ1n) is 7.53. The van der Waals surface area contributed by atoms with E-state index in [4.69, 9.17) is 11.6 Å². The van der Waals surface area contributed by atoms with E-state index in [9.17, 15) is 4.79 Å². The summed E-state index contributed by atoms with van der Waals surface area (Å²) in [6.45, 7) is 4.06. The van der Waals surface area contributed by atoms with Gasteiger partial charge in [0.2, 0.25) is 0 Å². The van der Waals surface area contributed by atoms with Crippen molar-refractivity contribution >= 4 is 17.6 Å². The molecule has 2 amide bonds. The van der Waals surface area contributed by atoms with Crippen LogP contribution in [0.15, 0.2) is 42.6 Å². The number of fused-ring (bicyclic) bond motifs is 1. The van der Waals surface area contributed by atoms with Gasteiger partial charge in [0.25, 0.3) is 0 Å². The van der Waals surface area contributed by atoms with Gasteiger partial charge >= 0.3 is 6.03 Å². The molecule has 2 heterocycles. The van der Waals surface area contributed by atoms with Crippen molar-refractivity contribution in [3.05, 3.63) is 59.4 Å². The van der Waals surface area contributed by atoms with Gasteiger partial charge in [0, 0.05) is 37.4 Å². The van der Waals surface area contributed by atoms with Crippen molar-refractivity contribution in [2.45, 2.75) is 19.5 Å². The molecule has 0 unspecified atom stereocenters. The lowest BCUT2D eigenvalue weighted by Gasteiger charge is -2.37. The Kier molecular flexibility index (Phi) is 4.39. The summed E-state index contributed by atoms with van der Waals surface area (Å²) in [5.41, 5.74) is 3.50. The van der Waals surface area contributed by atoms with Crippen molar-refractivity contribution in [3.63, 3.8) is 0 Å². The highest BCUT2D eigenvalue weighted by Gasteiger charge is 2.31. The second-order valence-corrected chi connectivity index (χ2v) is 5.93. The van der Waals surface area contributed by atoms with E-state index < -0.39 is 0 Å². The van der Waals surface area contributed by atoms with Gasteiger partial charge in [-0.2, -0.15) is 0 Å². The number of nitrogens with zero attached hydrogens (tertiary/aromatic N) is 2. The third-order valence-electron chi connectivity index (χ3n) is 4.06. The summed E-state index contributed by atoms with van der Waals surface area (Å²) in [6, 6.07) is 12.4. The van der Waals surface area contributed by atoms with Crippen molar-refractivity contribution < 1.29 is 4.79 Å². The summed E-state index contributed by atoms with van der Waals surface area (Å²) in [5.74, 6) is 0.422. The molecule has 1 aromatic carbocycles. The molecule has 1 aliphatic heterocycles. The van der Waals surface area contributed by atoms with Crippen molar-refractivity contribution in [3.8, 4) is 0 Å². The minimum absolute atomic E-state index is 0.0559. The van der Waals surface area contributed by atoms with Gasteiger partial charge in [-0.1, -0.05) is 29.8 Å². The van der Waals surface area contributed by atoms with E-state index in [1.807, 2.05) is 11.0 Å². The SMILES string of the molecule is Cc1ccc([C@@H]2c3cccn3CCN2C(=O)NCCCl)cc1. The first kappa shape index (κ1) is 15.0. The molecule has 1 aliphatic rings. The van der Waals surface area contributed by atoms with Gasteiger partial charge in [-0.3, -0.25) is 0 Å². The van der Waals surface area contributed by atoms with E-state index in [1.54, 1.807) is 0 Å². The number of rotatable bonds is 3. The van der Waals surface area contributed by atoms with Crippen LogP contribution in [0.5, 0.6) is 0 Å². The molecule has 116 valence electrons. The average molecular weight is 318 g/mol. The number of aromatic nitrogens is 1. The predicted octanol–water partition coefficient (Wildman–Crippen LogP) is 3.15. The zero-order valence-electron chi connectivity index (χ0n) is 12.6. The van der Waals surface area contributed by atoms with Crippen molar-refractivity contribution in [2.24, 2.45) is 0 Å². The van der Waals surface area contributed by atoms with Crippen LogP contribution in [0.2, 0.25) is 0 Å². The van der Waals surface area contributed by atoms with Gasteiger partial charge in [0.15, 0.2) is 0 Å². The zero-order valence-corrected chi connectivity index (χ0v) is 13.4. The zero-order chi connectivity index (χ0) is 15.5. The Morgan fingerprint density at radius 1 is 1.27 bits per heavy atom. The highest BCUT2D eigenvalue weighted by Crippen LogP contribution is 2.32. The fraction of sp³-hybridized carbons (Fsp3) is 0.353. The topological polar surface area (TPSA) is 37.3 Å². The third kappa shape index (κ3) is 2.83. The molecule has 0 fully saturated rings. The van der Waals surface area contributed by atoms with E-state index in [2.05, 4.69) is 53.3 Å². The number of carbonyl (C=O) groups is 1. The van der Waals surface area contributed by atoms with Crippen molar-refractivity contribution in [2.75, 3.05) is 19.0 Å². The lowest BCUT2D eigenvalue weighted by molar-refractivity contribution is 0.169. The van der Waals surface area contributed by atoms with Crippen LogP contribution in [0, 0.1) is 6.92 Å². The Labute approximate surface area is 135 Å². The third-order valence-corrected chi connectivity index (χ3v) is 4.25. The highest BCUT2D eigenvalue weighted by molar-refractivity contribution is 6.18. The minimum atomic E-state index is -0.0568. The van der Waals surface area contributed by atoms with E-state index in [0.29, 0.717) is 19.0 Å². The van der Waals surface area contributed by atoms with Crippen LogP contribution >= 0.6 is 11.6 Å². The average Bonchev–Trinajstić information content (AvgIpc) is 3.01. The Morgan fingerprint density at radius 2 is 2.05 bits per heavy atom. The Morgan fingerprint density at radius 3 is 2.77 bits per heavy atom. The van der Waals surface area contributed by atoms with Gasteiger partial charge in [-0.25, -0.2) is 4.79 Å². The van der Waals surface area contributed by atoms with Crippen LogP contribution in [0.25, 0.3) is 0 Å². The molecule has 1 N–H and O–H groups in total. The number of alkyl halides is 1. The normalized spacial score (nSPS) is 17.2. The van der Waals surface area contributed by atoms with Crippen LogP contribution in [0.3, 0.4) is 0 Å². The number of carbonyl (C=O) groups excluding carboxylic acids is 1. The second-order valence-electron chi connectivity index (χ2n) is 5.55. The Hall–Kier alpha value is -1.94. The number of hydrogen-bond donors (Lipinski definition) is 1. The molecule has 0 radical (unpaired) electrons. The molecule has 2 aromatic rings. The van der Waals surface area contributed by atoms with E-state index in [1.165, 1.54) is 5.56 Å². The van der Waals surface area contributed by atoms with E-state index >= 15 is 0 Å². The smallest absolute Gasteiger partial charge is 0.318 e. The number of halogens is 1. The Bertz CT molecular complexity index is 650. The number of hydrogen-bond acceptors (Lipinski definition) is 1. The van der Waals surface area contributed by atoms with E-state index in [-0.39, 0.29) is 12.1 Å². The predicted molar refractivity (Wildman–Crippen MR) is 88.3 cm³/mol. The van der Waals surface area contributed by atoms with Crippen LogP contribution in [-0.2, 0) is 6.54 Å². The highest BCUT2D eigenvalue weighted by atomic mass is 35.5. The minimum Gasteiger partial charge on any atom is -0.348 e. The van der Waals surface area contributed by atoms with Crippen LogP contribution in [0.1, 0.15) is 22.9 Å². The summed E-state index contributed by atoms with van der Waals surface area (Å²) in [4.78, 5) is 14.4. The number of aryl methyl sites for hydroxylation is 1. The first-order valence-corrected chi connectivity index (χ1v) is 8.06. The lowest BCUT2D eigenvalue weighted by Crippen LogP contribution is -2.47. The Balaban J connectivity index is 1.95. The second kappa shape index (κ2) is 6.44. The monoisotopic (exact) mass is 317 g/mol. The molecular formula is C17H20ClN3O. The van der Waals surface area contributed by atoms with Gasteiger partial charge < -0.3 is 14.8 Å². The molecule has 5 heteroatoms. The summed E-state index contributed by atoms with van der Waals surface area (Å²) < 4.78 is 2.22. The van der Waals surface area contributed by atoms with E-state index in [0.717, 1.165) is 17.8 Å². The van der Waals surface area contributed by atoms with Gasteiger partial charge in [0.1, 0.15) is 0 Å². The summed E-state index contributed by atoms with van der Waals surface area (Å²) >= 11 is 5.68. The van der Waals surface area contributed by atoms with Crippen molar-refractivity contribution in [1.29, 1.82) is 0 Å². The molecule has 1 atom stereocenters. The molecular weight excluding hydrogens is 298 g/mol. The lowest BCUT2D eigenvalue weighted by atomic mass is 9.99. The molecule has 0 bridgehead atoms. The summed E-state index contributed by atoms with van der Waals surface area (Å²) in [5, 5.41) is 2.88. The maximum atomic E-state index is 12.5.